The average Bonchev–Trinajstić information content (AvgIpc) is 3.63. The Morgan fingerprint density at radius 3 is 2.64 bits per heavy atom. The Kier molecular flexibility index (Phi) is 12.4. The van der Waals surface area contributed by atoms with Crippen LogP contribution in [0.15, 0.2) is 22.7 Å². The standard InChI is InChI=1S/C30H54FN7O/c1-5-14-30(6-2,22-10-8-9-11-22)15-12-23(31)17-36-21(4)27(28(32)33)29(39)37-25-18-34-16-13-24(25)26-19-35-20-38(26)7-3/h18,21-22,24,26-28,34-35H,5-16,19-20,32-33H2,1-4H3,(H,37,39). The van der Waals surface area contributed by atoms with Crippen molar-refractivity contribution < 1.29 is 9.18 Å². The summed E-state index contributed by atoms with van der Waals surface area (Å²) < 4.78 is 15.0. The van der Waals surface area contributed by atoms with Crippen molar-refractivity contribution in [3.8, 4) is 0 Å². The van der Waals surface area contributed by atoms with Crippen molar-refractivity contribution in [1.82, 2.24) is 20.9 Å². The molecule has 0 radical (unpaired) electrons. The van der Waals surface area contributed by atoms with Crippen molar-refractivity contribution in [3.63, 3.8) is 0 Å². The Morgan fingerprint density at radius 2 is 2.00 bits per heavy atom. The maximum atomic E-state index is 15.0. The molecule has 0 bridgehead atoms. The van der Waals surface area contributed by atoms with Gasteiger partial charge in [-0.05, 0) is 56.9 Å². The van der Waals surface area contributed by atoms with Gasteiger partial charge >= 0.3 is 0 Å². The number of nitrogens with one attached hydrogen (secondary N) is 3. The number of rotatable bonds is 14. The van der Waals surface area contributed by atoms with E-state index in [9.17, 15) is 4.79 Å². The lowest BCUT2D eigenvalue weighted by atomic mass is 9.66. The third-order valence-corrected chi connectivity index (χ3v) is 9.67. The number of amides is 1. The van der Waals surface area contributed by atoms with Crippen LogP contribution in [-0.2, 0) is 4.79 Å². The van der Waals surface area contributed by atoms with E-state index < -0.39 is 18.1 Å². The first-order valence-electron chi connectivity index (χ1n) is 15.4. The molecule has 1 saturated carbocycles. The fourth-order valence-electron chi connectivity index (χ4n) is 7.38. The molecule has 0 aromatic rings. The molecule has 5 atom stereocenters. The van der Waals surface area contributed by atoms with Crippen molar-refractivity contribution in [3.05, 3.63) is 17.7 Å². The Bertz CT molecular complexity index is 881. The van der Waals surface area contributed by atoms with E-state index in [1.165, 1.54) is 25.7 Å². The van der Waals surface area contributed by atoms with Gasteiger partial charge in [-0.25, -0.2) is 9.38 Å². The topological polar surface area (TPSA) is 121 Å². The quantitative estimate of drug-likeness (QED) is 0.167. The molecule has 3 aliphatic rings. The number of nitrogens with two attached hydrogens (primary N) is 2. The fraction of sp³-hybridized carbons (Fsp3) is 0.833. The van der Waals surface area contributed by atoms with Gasteiger partial charge in [0.1, 0.15) is 0 Å². The van der Waals surface area contributed by atoms with Crippen LogP contribution in [0.25, 0.3) is 0 Å². The second-order valence-corrected chi connectivity index (χ2v) is 12.0. The average molecular weight is 548 g/mol. The van der Waals surface area contributed by atoms with E-state index in [2.05, 4.69) is 52.5 Å². The number of nitrogens with zero attached hydrogens (tertiary/aromatic N) is 2. The molecular formula is C30H54FN7O. The smallest absolute Gasteiger partial charge is 0.232 e. The number of halogens is 1. The predicted octanol–water partition coefficient (Wildman–Crippen LogP) is 3.74. The minimum absolute atomic E-state index is 0.192. The molecule has 1 saturated heterocycles. The van der Waals surface area contributed by atoms with Crippen LogP contribution in [0.2, 0.25) is 0 Å². The van der Waals surface area contributed by atoms with E-state index in [-0.39, 0.29) is 23.1 Å². The Hall–Kier alpha value is -1.77. The van der Waals surface area contributed by atoms with Gasteiger partial charge in [0.05, 0.1) is 18.1 Å². The van der Waals surface area contributed by atoms with Gasteiger partial charge in [-0.15, -0.1) is 0 Å². The third kappa shape index (κ3) is 8.14. The van der Waals surface area contributed by atoms with Crippen molar-refractivity contribution >= 4 is 11.8 Å². The van der Waals surface area contributed by atoms with Gasteiger partial charge in [0, 0.05) is 55.9 Å². The van der Waals surface area contributed by atoms with Gasteiger partial charge < -0.3 is 27.4 Å². The molecule has 222 valence electrons. The first kappa shape index (κ1) is 31.8. The third-order valence-electron chi connectivity index (χ3n) is 9.67. The maximum absolute atomic E-state index is 15.0. The number of likely N-dealkylation sites (N-methyl/N-ethyl adjacent to an activating group) is 1. The van der Waals surface area contributed by atoms with Crippen molar-refractivity contribution in [2.75, 3.05) is 26.3 Å². The second kappa shape index (κ2) is 15.3. The van der Waals surface area contributed by atoms with Crippen molar-refractivity contribution in [2.24, 2.45) is 39.6 Å². The van der Waals surface area contributed by atoms with Crippen LogP contribution in [0.3, 0.4) is 0 Å². The number of allylic oxidation sites excluding steroid dienone is 1. The lowest BCUT2D eigenvalue weighted by Crippen LogP contribution is -2.53. The van der Waals surface area contributed by atoms with Crippen LogP contribution in [0.4, 0.5) is 4.39 Å². The molecular weight excluding hydrogens is 493 g/mol. The first-order valence-corrected chi connectivity index (χ1v) is 15.4. The van der Waals surface area contributed by atoms with Gasteiger partial charge in [0.2, 0.25) is 5.91 Å². The predicted molar refractivity (Wildman–Crippen MR) is 157 cm³/mol. The first-order chi connectivity index (χ1) is 18.8. The fourth-order valence-corrected chi connectivity index (χ4v) is 7.38. The molecule has 0 aromatic heterocycles. The molecule has 5 unspecified atom stereocenters. The van der Waals surface area contributed by atoms with Crippen LogP contribution in [0.5, 0.6) is 0 Å². The molecule has 8 nitrogen and oxygen atoms in total. The molecule has 3 rings (SSSR count). The van der Waals surface area contributed by atoms with E-state index in [0.717, 1.165) is 64.1 Å². The van der Waals surface area contributed by atoms with E-state index in [1.807, 2.05) is 6.20 Å². The zero-order chi connectivity index (χ0) is 28.4. The molecule has 1 aliphatic carbocycles. The van der Waals surface area contributed by atoms with Gasteiger partial charge in [0.15, 0.2) is 5.83 Å². The highest BCUT2D eigenvalue weighted by molar-refractivity contribution is 5.82. The monoisotopic (exact) mass is 547 g/mol. The second-order valence-electron chi connectivity index (χ2n) is 12.0. The van der Waals surface area contributed by atoms with E-state index in [0.29, 0.717) is 18.4 Å². The number of carbonyl (C=O) groups is 1. The summed E-state index contributed by atoms with van der Waals surface area (Å²) in [5.74, 6) is 2.05. The summed E-state index contributed by atoms with van der Waals surface area (Å²) in [6.45, 7) is 11.9. The number of hydrogen-bond acceptors (Lipinski definition) is 7. The van der Waals surface area contributed by atoms with Crippen LogP contribution >= 0.6 is 0 Å². The van der Waals surface area contributed by atoms with Crippen molar-refractivity contribution in [1.29, 1.82) is 0 Å². The van der Waals surface area contributed by atoms with Gasteiger partial charge in [-0.1, -0.05) is 46.5 Å². The van der Waals surface area contributed by atoms with Crippen LogP contribution in [-0.4, -0.2) is 61.2 Å². The number of carbonyl (C=O) groups excluding carboxylic acids is 1. The lowest BCUT2D eigenvalue weighted by Gasteiger charge is -2.39. The largest absolute Gasteiger partial charge is 0.389 e. The zero-order valence-electron chi connectivity index (χ0n) is 24.8. The van der Waals surface area contributed by atoms with E-state index >= 15 is 4.39 Å². The lowest BCUT2D eigenvalue weighted by molar-refractivity contribution is -0.125. The van der Waals surface area contributed by atoms with Crippen LogP contribution in [0.1, 0.15) is 91.9 Å². The summed E-state index contributed by atoms with van der Waals surface area (Å²) in [7, 11) is 0. The summed E-state index contributed by atoms with van der Waals surface area (Å²) in [5, 5.41) is 9.79. The molecule has 1 amide bonds. The highest BCUT2D eigenvalue weighted by Gasteiger charge is 2.38. The minimum Gasteiger partial charge on any atom is -0.389 e. The van der Waals surface area contributed by atoms with Crippen molar-refractivity contribution in [2.45, 2.75) is 110 Å². The van der Waals surface area contributed by atoms with Gasteiger partial charge in [-0.3, -0.25) is 9.69 Å². The maximum Gasteiger partial charge on any atom is 0.232 e. The highest BCUT2D eigenvalue weighted by atomic mass is 19.1. The SMILES string of the molecule is CCCC(CC)(CCC(F)=C=NC(C)C(C(=O)NC1=CNCCC1C1CNCN1CC)C(N)N)C1CCCC1. The number of aliphatic imine (C=N–C) groups is 1. The Morgan fingerprint density at radius 1 is 1.26 bits per heavy atom. The molecule has 39 heavy (non-hydrogen) atoms. The molecule has 2 fully saturated rings. The molecule has 7 N–H and O–H groups in total. The van der Waals surface area contributed by atoms with Gasteiger partial charge in [-0.2, -0.15) is 0 Å². The summed E-state index contributed by atoms with van der Waals surface area (Å²) in [6.07, 6.45) is 11.5. The molecule has 9 heteroatoms. The minimum atomic E-state index is -0.927. The van der Waals surface area contributed by atoms with Crippen LogP contribution < -0.4 is 27.4 Å². The molecule has 2 heterocycles. The summed E-state index contributed by atoms with van der Waals surface area (Å²) in [6, 6.07) is -0.290. The number of hydrogen-bond donors (Lipinski definition) is 5. The Labute approximate surface area is 235 Å². The van der Waals surface area contributed by atoms with Crippen LogP contribution in [0, 0.1) is 23.2 Å². The highest BCUT2D eigenvalue weighted by Crippen LogP contribution is 2.49. The Balaban J connectivity index is 1.67. The molecule has 0 spiro atoms. The zero-order valence-corrected chi connectivity index (χ0v) is 24.8. The summed E-state index contributed by atoms with van der Waals surface area (Å²) in [5.41, 5.74) is 13.2. The van der Waals surface area contributed by atoms with Gasteiger partial charge in [0.25, 0.3) is 0 Å². The van der Waals surface area contributed by atoms with E-state index in [1.54, 1.807) is 6.92 Å². The molecule has 2 aliphatic heterocycles. The summed E-state index contributed by atoms with van der Waals surface area (Å²) >= 11 is 0. The molecule has 0 aromatic carbocycles. The normalized spacial score (nSPS) is 25.4. The van der Waals surface area contributed by atoms with E-state index in [4.69, 9.17) is 11.5 Å². The summed E-state index contributed by atoms with van der Waals surface area (Å²) in [4.78, 5) is 20.1.